The van der Waals surface area contributed by atoms with Crippen molar-refractivity contribution in [1.82, 2.24) is 20.0 Å². The lowest BCUT2D eigenvalue weighted by Crippen LogP contribution is -2.27. The van der Waals surface area contributed by atoms with Gasteiger partial charge in [0, 0.05) is 33.1 Å². The molecule has 102 valence electrons. The van der Waals surface area contributed by atoms with Crippen molar-refractivity contribution in [3.8, 4) is 0 Å². The second kappa shape index (κ2) is 5.26. The smallest absolute Gasteiger partial charge is 0.256 e. The Bertz CT molecular complexity index is 506. The number of aromatic amines is 1. The van der Waals surface area contributed by atoms with Crippen LogP contribution in [-0.2, 0) is 4.79 Å². The first kappa shape index (κ1) is 13.3. The van der Waals surface area contributed by atoms with Gasteiger partial charge < -0.3 is 9.80 Å². The second-order valence-corrected chi connectivity index (χ2v) is 4.87. The number of hydrogen-bond donors (Lipinski definition) is 1. The topological polar surface area (TPSA) is 69.3 Å². The van der Waals surface area contributed by atoms with E-state index in [9.17, 15) is 9.59 Å². The van der Waals surface area contributed by atoms with E-state index in [1.807, 2.05) is 0 Å². The van der Waals surface area contributed by atoms with E-state index in [0.29, 0.717) is 18.7 Å². The summed E-state index contributed by atoms with van der Waals surface area (Å²) in [5.41, 5.74) is 1.40. The van der Waals surface area contributed by atoms with Crippen molar-refractivity contribution in [3.05, 3.63) is 30.1 Å². The predicted octanol–water partition coefficient (Wildman–Crippen LogP) is 0.613. The lowest BCUT2D eigenvalue weighted by molar-refractivity contribution is -0.125. The molecule has 2 heterocycles. The summed E-state index contributed by atoms with van der Waals surface area (Å²) < 4.78 is 0. The molecule has 1 aromatic rings. The first-order valence-electron chi connectivity index (χ1n) is 6.20. The van der Waals surface area contributed by atoms with E-state index in [2.05, 4.69) is 16.8 Å². The van der Waals surface area contributed by atoms with E-state index in [1.165, 1.54) is 11.0 Å². The zero-order chi connectivity index (χ0) is 14.0. The van der Waals surface area contributed by atoms with E-state index in [4.69, 9.17) is 0 Å². The normalized spacial score (nSPS) is 18.4. The maximum absolute atomic E-state index is 12.0. The summed E-state index contributed by atoms with van der Waals surface area (Å²) in [4.78, 5) is 26.8. The summed E-state index contributed by atoms with van der Waals surface area (Å²) >= 11 is 0. The second-order valence-electron chi connectivity index (χ2n) is 4.87. The van der Waals surface area contributed by atoms with Gasteiger partial charge in [-0.05, 0) is 12.5 Å². The van der Waals surface area contributed by atoms with Crippen molar-refractivity contribution >= 4 is 11.8 Å². The molecule has 1 unspecified atom stereocenters. The zero-order valence-corrected chi connectivity index (χ0v) is 11.2. The quantitative estimate of drug-likeness (QED) is 0.812. The maximum Gasteiger partial charge on any atom is 0.256 e. The first-order chi connectivity index (χ1) is 9.04. The van der Waals surface area contributed by atoms with Crippen molar-refractivity contribution in [2.24, 2.45) is 0 Å². The molecule has 2 amide bonds. The van der Waals surface area contributed by atoms with Crippen molar-refractivity contribution in [2.45, 2.75) is 12.3 Å². The molecule has 19 heavy (non-hydrogen) atoms. The van der Waals surface area contributed by atoms with Gasteiger partial charge in [-0.3, -0.25) is 14.7 Å². The Kier molecular flexibility index (Phi) is 3.69. The summed E-state index contributed by atoms with van der Waals surface area (Å²) in [6, 6.07) is 0. The van der Waals surface area contributed by atoms with E-state index in [0.717, 1.165) is 12.1 Å². The number of nitrogens with one attached hydrogen (secondary N) is 1. The van der Waals surface area contributed by atoms with Crippen LogP contribution in [-0.4, -0.2) is 59.0 Å². The van der Waals surface area contributed by atoms with Gasteiger partial charge in [-0.2, -0.15) is 5.10 Å². The molecule has 2 rings (SSSR count). The van der Waals surface area contributed by atoms with Crippen molar-refractivity contribution in [3.63, 3.8) is 0 Å². The maximum atomic E-state index is 12.0. The number of rotatable bonds is 3. The lowest BCUT2D eigenvalue weighted by atomic mass is 10.0. The van der Waals surface area contributed by atoms with Crippen LogP contribution in [0.4, 0.5) is 0 Å². The van der Waals surface area contributed by atoms with Crippen LogP contribution in [0, 0.1) is 0 Å². The van der Waals surface area contributed by atoms with Crippen molar-refractivity contribution in [1.29, 1.82) is 0 Å². The molecule has 1 saturated heterocycles. The van der Waals surface area contributed by atoms with E-state index in [-0.39, 0.29) is 17.7 Å². The van der Waals surface area contributed by atoms with Crippen LogP contribution in [0.5, 0.6) is 0 Å². The highest BCUT2D eigenvalue weighted by atomic mass is 16.2. The Hall–Kier alpha value is -2.11. The van der Waals surface area contributed by atoms with Crippen molar-refractivity contribution < 1.29 is 9.59 Å². The summed E-state index contributed by atoms with van der Waals surface area (Å²) in [6.07, 6.45) is 3.70. The van der Waals surface area contributed by atoms with Gasteiger partial charge in [-0.25, -0.2) is 0 Å². The molecule has 1 aliphatic heterocycles. The number of carbonyl (C=O) groups excluding carboxylic acids is 2. The zero-order valence-electron chi connectivity index (χ0n) is 11.2. The molecular weight excluding hydrogens is 244 g/mol. The van der Waals surface area contributed by atoms with Crippen LogP contribution in [0.3, 0.4) is 0 Å². The highest BCUT2D eigenvalue weighted by Crippen LogP contribution is 2.28. The summed E-state index contributed by atoms with van der Waals surface area (Å²) in [6.45, 7) is 4.77. The average molecular weight is 262 g/mol. The number of nitrogens with zero attached hydrogens (tertiary/aromatic N) is 3. The monoisotopic (exact) mass is 262 g/mol. The van der Waals surface area contributed by atoms with Crippen LogP contribution < -0.4 is 0 Å². The Morgan fingerprint density at radius 1 is 1.58 bits per heavy atom. The fourth-order valence-electron chi connectivity index (χ4n) is 2.34. The molecule has 0 spiro atoms. The summed E-state index contributed by atoms with van der Waals surface area (Å²) in [5.74, 6) is -0.00921. The van der Waals surface area contributed by atoms with Crippen LogP contribution in [0.15, 0.2) is 18.9 Å². The van der Waals surface area contributed by atoms with Gasteiger partial charge in [0.25, 0.3) is 5.91 Å². The van der Waals surface area contributed by atoms with Crippen LogP contribution in [0.25, 0.3) is 0 Å². The average Bonchev–Trinajstić information content (AvgIpc) is 3.04. The first-order valence-corrected chi connectivity index (χ1v) is 6.20. The number of aromatic nitrogens is 2. The molecular formula is C13H18N4O2. The molecule has 0 saturated carbocycles. The van der Waals surface area contributed by atoms with Gasteiger partial charge in [-0.1, -0.05) is 6.58 Å². The molecule has 0 bridgehead atoms. The largest absolute Gasteiger partial charge is 0.345 e. The molecule has 1 fully saturated rings. The third kappa shape index (κ3) is 2.52. The van der Waals surface area contributed by atoms with E-state index >= 15 is 0 Å². The predicted molar refractivity (Wildman–Crippen MR) is 70.7 cm³/mol. The molecule has 1 aromatic heterocycles. The number of H-pyrrole nitrogens is 1. The van der Waals surface area contributed by atoms with Crippen molar-refractivity contribution in [2.75, 3.05) is 27.2 Å². The Labute approximate surface area is 112 Å². The number of likely N-dealkylation sites (tertiary alicyclic amines) is 1. The fraction of sp³-hybridized carbons (Fsp3) is 0.462. The molecule has 0 radical (unpaired) electrons. The fourth-order valence-corrected chi connectivity index (χ4v) is 2.34. The third-order valence-electron chi connectivity index (χ3n) is 3.39. The number of amides is 2. The molecule has 1 atom stereocenters. The summed E-state index contributed by atoms with van der Waals surface area (Å²) in [7, 11) is 3.42. The molecule has 1 aliphatic rings. The Morgan fingerprint density at radius 3 is 2.95 bits per heavy atom. The molecule has 1 N–H and O–H groups in total. The minimum Gasteiger partial charge on any atom is -0.345 e. The van der Waals surface area contributed by atoms with Crippen LogP contribution in [0.1, 0.15) is 28.4 Å². The third-order valence-corrected chi connectivity index (χ3v) is 3.39. The molecule has 6 heteroatoms. The van der Waals surface area contributed by atoms with Gasteiger partial charge in [0.1, 0.15) is 0 Å². The minimum absolute atomic E-state index is 0.0671. The highest BCUT2D eigenvalue weighted by Gasteiger charge is 2.30. The summed E-state index contributed by atoms with van der Waals surface area (Å²) in [5, 5.41) is 6.86. The minimum atomic E-state index is -0.0720. The number of hydrogen-bond acceptors (Lipinski definition) is 3. The SMILES string of the molecule is C=CC(=O)N1CCC(c2[nH]ncc2C(=O)N(C)C)C1. The van der Waals surface area contributed by atoms with Crippen LogP contribution >= 0.6 is 0 Å². The van der Waals surface area contributed by atoms with Gasteiger partial charge in [-0.15, -0.1) is 0 Å². The standard InChI is InChI=1S/C13H18N4O2/c1-4-11(18)17-6-5-9(8-17)12-10(7-14-15-12)13(19)16(2)3/h4,7,9H,1,5-6,8H2,2-3H3,(H,14,15). The van der Waals surface area contributed by atoms with E-state index in [1.54, 1.807) is 25.2 Å². The van der Waals surface area contributed by atoms with Gasteiger partial charge >= 0.3 is 0 Å². The highest BCUT2D eigenvalue weighted by molar-refractivity contribution is 5.95. The Morgan fingerprint density at radius 2 is 2.32 bits per heavy atom. The van der Waals surface area contributed by atoms with Gasteiger partial charge in [0.2, 0.25) is 5.91 Å². The Balaban J connectivity index is 2.16. The van der Waals surface area contributed by atoms with Crippen LogP contribution in [0.2, 0.25) is 0 Å². The lowest BCUT2D eigenvalue weighted by Gasteiger charge is -2.15. The van der Waals surface area contributed by atoms with Gasteiger partial charge in [0.05, 0.1) is 17.5 Å². The molecule has 0 aliphatic carbocycles. The number of carbonyl (C=O) groups is 2. The van der Waals surface area contributed by atoms with E-state index < -0.39 is 0 Å². The molecule has 0 aromatic carbocycles. The molecule has 6 nitrogen and oxygen atoms in total. The van der Waals surface area contributed by atoms with Gasteiger partial charge in [0.15, 0.2) is 0 Å².